The van der Waals surface area contributed by atoms with Crippen molar-refractivity contribution in [2.24, 2.45) is 5.92 Å². The minimum absolute atomic E-state index is 0.103. The molecule has 27 heavy (non-hydrogen) atoms. The lowest BCUT2D eigenvalue weighted by Gasteiger charge is -2.64. The van der Waals surface area contributed by atoms with Crippen molar-refractivity contribution in [1.82, 2.24) is 10.2 Å². The number of fused-ring (bicyclic) bond motifs is 2. The Balaban J connectivity index is 1.83. The zero-order valence-electron chi connectivity index (χ0n) is 16.0. The molecule has 5 nitrogen and oxygen atoms in total. The van der Waals surface area contributed by atoms with E-state index < -0.39 is 35.8 Å². The van der Waals surface area contributed by atoms with Crippen molar-refractivity contribution in [1.29, 1.82) is 0 Å². The van der Waals surface area contributed by atoms with Gasteiger partial charge in [-0.3, -0.25) is 0 Å². The molecule has 0 aromatic heterocycles. The maximum atomic E-state index is 13.6. The van der Waals surface area contributed by atoms with Gasteiger partial charge in [0.15, 0.2) is 0 Å². The van der Waals surface area contributed by atoms with Gasteiger partial charge in [0.25, 0.3) is 6.43 Å². The first-order chi connectivity index (χ1) is 12.6. The molecule has 2 bridgehead atoms. The number of amides is 1. The van der Waals surface area contributed by atoms with Gasteiger partial charge in [-0.15, -0.1) is 0 Å². The number of nitrogens with zero attached hydrogens (tertiary/aromatic N) is 1. The molecule has 1 saturated carbocycles. The number of carbonyl (C=O) groups is 1. The van der Waals surface area contributed by atoms with E-state index in [0.29, 0.717) is 25.9 Å². The Morgan fingerprint density at radius 3 is 2.59 bits per heavy atom. The highest BCUT2D eigenvalue weighted by molar-refractivity contribution is 5.69. The first-order valence-electron chi connectivity index (χ1n) is 9.40. The zero-order chi connectivity index (χ0) is 19.8. The Morgan fingerprint density at radius 1 is 1.37 bits per heavy atom. The van der Waals surface area contributed by atoms with Gasteiger partial charge in [0.2, 0.25) is 0 Å². The molecule has 3 aliphatic rings. The summed E-state index contributed by atoms with van der Waals surface area (Å²) >= 11 is 0. The Morgan fingerprint density at radius 2 is 2.04 bits per heavy atom. The predicted molar refractivity (Wildman–Crippen MR) is 97.5 cm³/mol. The Kier molecular flexibility index (Phi) is 5.45. The molecule has 4 atom stereocenters. The molecule has 2 heterocycles. The van der Waals surface area contributed by atoms with Crippen LogP contribution in [0.4, 0.5) is 13.6 Å². The molecule has 2 aliphatic heterocycles. The number of ether oxygens (including phenoxy) is 1. The van der Waals surface area contributed by atoms with Crippen molar-refractivity contribution in [2.75, 3.05) is 6.54 Å². The van der Waals surface area contributed by atoms with Gasteiger partial charge in [-0.05, 0) is 45.1 Å². The van der Waals surface area contributed by atoms with Crippen molar-refractivity contribution in [3.05, 3.63) is 35.9 Å². The second kappa shape index (κ2) is 7.36. The minimum atomic E-state index is -2.89. The number of rotatable bonds is 5. The summed E-state index contributed by atoms with van der Waals surface area (Å²) < 4.78 is 32.6. The normalized spacial score (nSPS) is 28.6. The van der Waals surface area contributed by atoms with Crippen molar-refractivity contribution < 1.29 is 23.4 Å². The highest BCUT2D eigenvalue weighted by Gasteiger charge is 2.66. The van der Waals surface area contributed by atoms with Crippen molar-refractivity contribution in [3.8, 4) is 0 Å². The van der Waals surface area contributed by atoms with Crippen LogP contribution < -0.4 is 5.32 Å². The van der Waals surface area contributed by atoms with Crippen LogP contribution in [0.1, 0.15) is 39.2 Å². The topological polar surface area (TPSA) is 61.8 Å². The number of aliphatic hydroxyl groups is 1. The molecule has 0 radical (unpaired) electrons. The Hall–Kier alpha value is -1.73. The standard InChI is InChI=1S/C20H28F2N2O3/c1-19(2,3)27-18(26)24-10-9-14-11-15(24)20(14,16(25)17(21)22)23-12-13-7-5-4-6-8-13/h4-8,14-17,23,25H,9-12H2,1-3H3/t14?,15?,16-,20-/m1/s1. The van der Waals surface area contributed by atoms with E-state index >= 15 is 0 Å². The van der Waals surface area contributed by atoms with E-state index in [0.717, 1.165) is 5.56 Å². The predicted octanol–water partition coefficient (Wildman–Crippen LogP) is 3.17. The van der Waals surface area contributed by atoms with Crippen LogP contribution in [0.25, 0.3) is 0 Å². The molecule has 1 amide bonds. The van der Waals surface area contributed by atoms with Crippen molar-refractivity contribution >= 4 is 6.09 Å². The van der Waals surface area contributed by atoms with Crippen LogP contribution in [0, 0.1) is 5.92 Å². The fourth-order valence-corrected chi connectivity index (χ4v) is 4.37. The van der Waals surface area contributed by atoms with Crippen LogP contribution in [-0.4, -0.2) is 52.4 Å². The van der Waals surface area contributed by atoms with Crippen LogP contribution in [0.3, 0.4) is 0 Å². The summed E-state index contributed by atoms with van der Waals surface area (Å²) in [5.41, 5.74) is -0.953. The molecule has 7 heteroatoms. The average Bonchev–Trinajstić information content (AvgIpc) is 2.61. The maximum absolute atomic E-state index is 13.6. The zero-order valence-corrected chi connectivity index (χ0v) is 16.0. The lowest BCUT2D eigenvalue weighted by molar-refractivity contribution is -0.179. The Bertz CT molecular complexity index is 663. The van der Waals surface area contributed by atoms with Crippen LogP contribution in [0.15, 0.2) is 30.3 Å². The number of halogens is 2. The quantitative estimate of drug-likeness (QED) is 0.821. The van der Waals surface area contributed by atoms with Crippen LogP contribution in [0.5, 0.6) is 0 Å². The minimum Gasteiger partial charge on any atom is -0.444 e. The van der Waals surface area contributed by atoms with Gasteiger partial charge < -0.3 is 20.1 Å². The number of nitrogens with one attached hydrogen (secondary N) is 1. The molecule has 0 spiro atoms. The van der Waals surface area contributed by atoms with Crippen molar-refractivity contribution in [3.63, 3.8) is 0 Å². The molecular weight excluding hydrogens is 354 g/mol. The fourth-order valence-electron chi connectivity index (χ4n) is 4.37. The molecule has 1 aromatic rings. The van der Waals surface area contributed by atoms with Crippen LogP contribution >= 0.6 is 0 Å². The van der Waals surface area contributed by atoms with Crippen LogP contribution in [0.2, 0.25) is 0 Å². The van der Waals surface area contributed by atoms with E-state index in [-0.39, 0.29) is 5.92 Å². The third kappa shape index (κ3) is 3.80. The molecule has 150 valence electrons. The first kappa shape index (κ1) is 20.0. The van der Waals surface area contributed by atoms with E-state index in [1.54, 1.807) is 20.8 Å². The summed E-state index contributed by atoms with van der Waals surface area (Å²) in [5, 5.41) is 13.6. The molecule has 2 unspecified atom stereocenters. The SMILES string of the molecule is CC(C)(C)OC(=O)N1CCC2CC1[C@@]2(NCc1ccccc1)[C@H](O)C(F)F. The molecule has 2 N–H and O–H groups in total. The third-order valence-corrected chi connectivity index (χ3v) is 5.63. The number of alkyl halides is 2. The monoisotopic (exact) mass is 382 g/mol. The van der Waals surface area contributed by atoms with E-state index in [1.807, 2.05) is 30.3 Å². The lowest BCUT2D eigenvalue weighted by atomic mass is 9.55. The van der Waals surface area contributed by atoms with Gasteiger partial charge in [0.05, 0.1) is 11.6 Å². The second-order valence-electron chi connectivity index (χ2n) is 8.46. The van der Waals surface area contributed by atoms with Gasteiger partial charge in [0, 0.05) is 13.1 Å². The number of hydrogen-bond donors (Lipinski definition) is 2. The van der Waals surface area contributed by atoms with E-state index in [2.05, 4.69) is 5.32 Å². The summed E-state index contributed by atoms with van der Waals surface area (Å²) in [5.74, 6) is -0.103. The number of carbonyl (C=O) groups excluding carboxylic acids is 1. The van der Waals surface area contributed by atoms with Gasteiger partial charge in [-0.25, -0.2) is 13.6 Å². The largest absolute Gasteiger partial charge is 0.444 e. The number of benzene rings is 1. The highest BCUT2D eigenvalue weighted by Crippen LogP contribution is 2.51. The number of piperidine rings is 2. The molecule has 1 aromatic carbocycles. The summed E-state index contributed by atoms with van der Waals surface area (Å²) in [4.78, 5) is 14.1. The van der Waals surface area contributed by atoms with Gasteiger partial charge >= 0.3 is 6.09 Å². The van der Waals surface area contributed by atoms with E-state index in [9.17, 15) is 18.7 Å². The molecule has 2 saturated heterocycles. The fraction of sp³-hybridized carbons (Fsp3) is 0.650. The number of hydrogen-bond acceptors (Lipinski definition) is 4. The molecule has 1 aliphatic carbocycles. The van der Waals surface area contributed by atoms with E-state index in [1.165, 1.54) is 4.90 Å². The summed E-state index contributed by atoms with van der Waals surface area (Å²) in [7, 11) is 0. The maximum Gasteiger partial charge on any atom is 0.410 e. The number of aliphatic hydroxyl groups excluding tert-OH is 1. The summed E-state index contributed by atoms with van der Waals surface area (Å²) in [6, 6.07) is 8.92. The van der Waals surface area contributed by atoms with Gasteiger partial charge in [-0.2, -0.15) is 0 Å². The molecule has 4 rings (SSSR count). The third-order valence-electron chi connectivity index (χ3n) is 5.63. The molecular formula is C20H28F2N2O3. The first-order valence-corrected chi connectivity index (χ1v) is 9.40. The summed E-state index contributed by atoms with van der Waals surface area (Å²) in [6.07, 6.45) is -4.11. The second-order valence-corrected chi connectivity index (χ2v) is 8.46. The van der Waals surface area contributed by atoms with Gasteiger partial charge in [0.1, 0.15) is 11.7 Å². The average molecular weight is 382 g/mol. The van der Waals surface area contributed by atoms with E-state index in [4.69, 9.17) is 4.74 Å². The summed E-state index contributed by atoms with van der Waals surface area (Å²) in [6.45, 7) is 6.11. The Labute approximate surface area is 158 Å². The smallest absolute Gasteiger partial charge is 0.410 e. The molecule has 3 fully saturated rings. The van der Waals surface area contributed by atoms with Gasteiger partial charge in [-0.1, -0.05) is 30.3 Å². The lowest BCUT2D eigenvalue weighted by Crippen LogP contribution is -2.82. The van der Waals surface area contributed by atoms with Crippen molar-refractivity contribution in [2.45, 2.75) is 69.9 Å². The van der Waals surface area contributed by atoms with Crippen LogP contribution in [-0.2, 0) is 11.3 Å². The highest BCUT2D eigenvalue weighted by atomic mass is 19.3.